The normalized spacial score (nSPS) is 15.0. The largest absolute Gasteiger partial charge is 0.378 e. The van der Waals surface area contributed by atoms with Crippen LogP contribution in [0, 0.1) is 5.92 Å². The first-order valence-corrected chi connectivity index (χ1v) is 8.06. The molecular formula is C17H23N5O. The Morgan fingerprint density at radius 1 is 1.17 bits per heavy atom. The van der Waals surface area contributed by atoms with Crippen LogP contribution in [0.4, 0.5) is 11.5 Å². The number of rotatable bonds is 5. The molecule has 1 fully saturated rings. The molecule has 0 aliphatic carbocycles. The summed E-state index contributed by atoms with van der Waals surface area (Å²) in [4.78, 5) is 15.3. The lowest BCUT2D eigenvalue weighted by atomic mass is 10.1. The summed E-state index contributed by atoms with van der Waals surface area (Å²) in [6, 6.07) is 4.11. The highest BCUT2D eigenvalue weighted by Gasteiger charge is 2.13. The second-order valence-electron chi connectivity index (χ2n) is 6.09. The predicted molar refractivity (Wildman–Crippen MR) is 91.6 cm³/mol. The fourth-order valence-corrected chi connectivity index (χ4v) is 2.48. The number of hydrogen-bond donors (Lipinski definition) is 1. The average molecular weight is 313 g/mol. The van der Waals surface area contributed by atoms with Crippen molar-refractivity contribution in [3.8, 4) is 11.3 Å². The maximum Gasteiger partial charge on any atom is 0.129 e. The van der Waals surface area contributed by atoms with Gasteiger partial charge in [-0.05, 0) is 12.0 Å². The highest BCUT2D eigenvalue weighted by atomic mass is 16.5. The van der Waals surface area contributed by atoms with Crippen LogP contribution in [0.3, 0.4) is 0 Å². The van der Waals surface area contributed by atoms with E-state index in [2.05, 4.69) is 45.1 Å². The smallest absolute Gasteiger partial charge is 0.129 e. The van der Waals surface area contributed by atoms with Gasteiger partial charge in [0.25, 0.3) is 0 Å². The molecule has 0 spiro atoms. The van der Waals surface area contributed by atoms with Crippen LogP contribution in [0.2, 0.25) is 0 Å². The zero-order valence-corrected chi connectivity index (χ0v) is 13.7. The quantitative estimate of drug-likeness (QED) is 0.915. The summed E-state index contributed by atoms with van der Waals surface area (Å²) in [5, 5.41) is 3.33. The Morgan fingerprint density at radius 2 is 2.00 bits per heavy atom. The second kappa shape index (κ2) is 7.37. The number of anilines is 2. The first-order valence-electron chi connectivity index (χ1n) is 8.06. The van der Waals surface area contributed by atoms with E-state index in [4.69, 9.17) is 4.74 Å². The van der Waals surface area contributed by atoms with Gasteiger partial charge in [-0.15, -0.1) is 0 Å². The van der Waals surface area contributed by atoms with Gasteiger partial charge in [-0.1, -0.05) is 13.8 Å². The van der Waals surface area contributed by atoms with Gasteiger partial charge in [0, 0.05) is 37.5 Å². The highest BCUT2D eigenvalue weighted by molar-refractivity contribution is 5.66. The predicted octanol–water partition coefficient (Wildman–Crippen LogP) is 2.44. The summed E-state index contributed by atoms with van der Waals surface area (Å²) in [6.07, 6.45) is 5.34. The van der Waals surface area contributed by atoms with Gasteiger partial charge < -0.3 is 15.0 Å². The summed E-state index contributed by atoms with van der Waals surface area (Å²) < 4.78 is 5.41. The lowest BCUT2D eigenvalue weighted by Crippen LogP contribution is -2.36. The van der Waals surface area contributed by atoms with Crippen molar-refractivity contribution in [1.29, 1.82) is 0 Å². The van der Waals surface area contributed by atoms with Crippen LogP contribution in [0.1, 0.15) is 13.8 Å². The maximum absolute atomic E-state index is 5.41. The van der Waals surface area contributed by atoms with Crippen molar-refractivity contribution < 1.29 is 4.74 Å². The SMILES string of the molecule is CC(C)CNc1cc(-c2cncc(N3CCOCC3)c2)ncn1. The fraction of sp³-hybridized carbons (Fsp3) is 0.471. The maximum atomic E-state index is 5.41. The molecule has 2 aromatic rings. The fourth-order valence-electron chi connectivity index (χ4n) is 2.48. The third-order valence-electron chi connectivity index (χ3n) is 3.75. The van der Waals surface area contributed by atoms with E-state index in [-0.39, 0.29) is 0 Å². The molecule has 0 aromatic carbocycles. The van der Waals surface area contributed by atoms with Gasteiger partial charge >= 0.3 is 0 Å². The molecule has 0 amide bonds. The molecule has 1 saturated heterocycles. The summed E-state index contributed by atoms with van der Waals surface area (Å²) in [5.41, 5.74) is 3.00. The van der Waals surface area contributed by atoms with Crippen LogP contribution >= 0.6 is 0 Å². The van der Waals surface area contributed by atoms with E-state index in [0.29, 0.717) is 5.92 Å². The number of morpholine rings is 1. The summed E-state index contributed by atoms with van der Waals surface area (Å²) >= 11 is 0. The van der Waals surface area contributed by atoms with Crippen molar-refractivity contribution in [1.82, 2.24) is 15.0 Å². The third kappa shape index (κ3) is 4.16. The van der Waals surface area contributed by atoms with Crippen LogP contribution in [-0.2, 0) is 4.74 Å². The summed E-state index contributed by atoms with van der Waals surface area (Å²) in [7, 11) is 0. The lowest BCUT2D eigenvalue weighted by molar-refractivity contribution is 0.122. The average Bonchev–Trinajstić information content (AvgIpc) is 2.61. The first kappa shape index (κ1) is 15.7. The monoisotopic (exact) mass is 313 g/mol. The van der Waals surface area contributed by atoms with E-state index < -0.39 is 0 Å². The van der Waals surface area contributed by atoms with E-state index in [1.54, 1.807) is 6.33 Å². The van der Waals surface area contributed by atoms with E-state index >= 15 is 0 Å². The molecule has 6 nitrogen and oxygen atoms in total. The van der Waals surface area contributed by atoms with E-state index in [0.717, 1.165) is 55.6 Å². The zero-order chi connectivity index (χ0) is 16.1. The Labute approximate surface area is 136 Å². The Kier molecular flexibility index (Phi) is 5.02. The Balaban J connectivity index is 1.79. The molecule has 6 heteroatoms. The topological polar surface area (TPSA) is 63.2 Å². The number of pyridine rings is 1. The van der Waals surface area contributed by atoms with Crippen molar-refractivity contribution in [2.75, 3.05) is 43.1 Å². The van der Waals surface area contributed by atoms with E-state index in [1.807, 2.05) is 18.5 Å². The number of ether oxygens (including phenoxy) is 1. The van der Waals surface area contributed by atoms with Crippen LogP contribution in [-0.4, -0.2) is 47.8 Å². The molecule has 1 aliphatic heterocycles. The van der Waals surface area contributed by atoms with Gasteiger partial charge in [0.1, 0.15) is 12.1 Å². The van der Waals surface area contributed by atoms with Crippen molar-refractivity contribution in [3.05, 3.63) is 30.9 Å². The standard InChI is InChI=1S/C17H23N5O/c1-13(2)9-19-17-8-16(20-12-21-17)14-7-15(11-18-10-14)22-3-5-23-6-4-22/h7-8,10-13H,3-6,9H2,1-2H3,(H,19,20,21). The Hall–Kier alpha value is -2.21. The number of aromatic nitrogens is 3. The zero-order valence-electron chi connectivity index (χ0n) is 13.7. The van der Waals surface area contributed by atoms with Crippen LogP contribution in [0.25, 0.3) is 11.3 Å². The second-order valence-corrected chi connectivity index (χ2v) is 6.09. The highest BCUT2D eigenvalue weighted by Crippen LogP contribution is 2.23. The number of hydrogen-bond acceptors (Lipinski definition) is 6. The van der Waals surface area contributed by atoms with Crippen molar-refractivity contribution in [2.45, 2.75) is 13.8 Å². The minimum absolute atomic E-state index is 0.569. The summed E-state index contributed by atoms with van der Waals surface area (Å²) in [5.74, 6) is 1.42. The van der Waals surface area contributed by atoms with Gasteiger partial charge in [-0.25, -0.2) is 9.97 Å². The van der Waals surface area contributed by atoms with Gasteiger partial charge in [0.05, 0.1) is 30.8 Å². The number of nitrogens with one attached hydrogen (secondary N) is 1. The molecule has 0 unspecified atom stereocenters. The molecule has 122 valence electrons. The van der Waals surface area contributed by atoms with E-state index in [1.165, 1.54) is 0 Å². The minimum atomic E-state index is 0.569. The molecule has 23 heavy (non-hydrogen) atoms. The Bertz CT molecular complexity index is 640. The molecular weight excluding hydrogens is 290 g/mol. The van der Waals surface area contributed by atoms with Crippen molar-refractivity contribution in [3.63, 3.8) is 0 Å². The lowest BCUT2D eigenvalue weighted by Gasteiger charge is -2.28. The Morgan fingerprint density at radius 3 is 2.78 bits per heavy atom. The molecule has 0 radical (unpaired) electrons. The molecule has 1 aliphatic rings. The van der Waals surface area contributed by atoms with Crippen LogP contribution in [0.5, 0.6) is 0 Å². The van der Waals surface area contributed by atoms with Gasteiger partial charge in [0.2, 0.25) is 0 Å². The molecule has 2 aromatic heterocycles. The van der Waals surface area contributed by atoms with Crippen LogP contribution < -0.4 is 10.2 Å². The molecule has 3 rings (SSSR count). The van der Waals surface area contributed by atoms with Gasteiger partial charge in [0.15, 0.2) is 0 Å². The summed E-state index contributed by atoms with van der Waals surface area (Å²) in [6.45, 7) is 8.56. The molecule has 0 saturated carbocycles. The van der Waals surface area contributed by atoms with E-state index in [9.17, 15) is 0 Å². The van der Waals surface area contributed by atoms with Gasteiger partial charge in [-0.3, -0.25) is 4.98 Å². The molecule has 0 atom stereocenters. The number of nitrogens with zero attached hydrogens (tertiary/aromatic N) is 4. The van der Waals surface area contributed by atoms with Crippen LogP contribution in [0.15, 0.2) is 30.9 Å². The first-order chi connectivity index (χ1) is 11.2. The molecule has 3 heterocycles. The van der Waals surface area contributed by atoms with Gasteiger partial charge in [-0.2, -0.15) is 0 Å². The third-order valence-corrected chi connectivity index (χ3v) is 3.75. The molecule has 1 N–H and O–H groups in total. The minimum Gasteiger partial charge on any atom is -0.378 e. The van der Waals surface area contributed by atoms with Crippen molar-refractivity contribution >= 4 is 11.5 Å². The molecule has 0 bridgehead atoms. The van der Waals surface area contributed by atoms with Crippen molar-refractivity contribution in [2.24, 2.45) is 5.92 Å².